The number of aliphatic carboxylic acids is 1. The number of aliphatic hydroxyl groups excluding tert-OH is 1. The average molecular weight is 934 g/mol. The highest BCUT2D eigenvalue weighted by molar-refractivity contribution is 5.68. The van der Waals surface area contributed by atoms with Crippen LogP contribution in [-0.2, 0) is 61.6 Å². The fourth-order valence-corrected chi connectivity index (χ4v) is 12.7. The number of carboxylic acid groups (broad SMARTS) is 1. The highest BCUT2D eigenvalue weighted by atomic mass is 16.7. The van der Waals surface area contributed by atoms with Gasteiger partial charge in [-0.05, 0) is 59.3 Å². The lowest BCUT2D eigenvalue weighted by Crippen LogP contribution is -2.65. The normalized spacial score (nSPS) is 53.2. The molecule has 1 unspecified atom stereocenters. The monoisotopic (exact) mass is 934 g/mol. The Balaban J connectivity index is 0.00000700. The van der Waals surface area contributed by atoms with E-state index in [1.807, 2.05) is 34.6 Å². The Kier molecular flexibility index (Phi) is 16.3. The van der Waals surface area contributed by atoms with Gasteiger partial charge in [-0.1, -0.05) is 34.6 Å². The smallest absolute Gasteiger partial charge is 0.308 e. The van der Waals surface area contributed by atoms with E-state index in [9.17, 15) is 25.2 Å². The molecule has 7 aliphatic rings. The minimum atomic E-state index is -2.03. The Morgan fingerprint density at radius 3 is 2.08 bits per heavy atom. The Morgan fingerprint density at radius 2 is 1.45 bits per heavy atom. The molecule has 1 spiro atoms. The molecule has 378 valence electrons. The van der Waals surface area contributed by atoms with Gasteiger partial charge in [0.2, 0.25) is 0 Å². The second kappa shape index (κ2) is 19.9. The first kappa shape index (κ1) is 53.2. The first-order valence-corrected chi connectivity index (χ1v) is 23.8. The van der Waals surface area contributed by atoms with Gasteiger partial charge in [-0.15, -0.1) is 0 Å². The van der Waals surface area contributed by atoms with E-state index in [1.165, 1.54) is 14.2 Å². The predicted molar refractivity (Wildman–Crippen MR) is 233 cm³/mol. The second-order valence-electron chi connectivity index (χ2n) is 21.3. The van der Waals surface area contributed by atoms with Crippen LogP contribution in [0.2, 0.25) is 0 Å². The molecule has 0 radical (unpaired) electrons. The number of carbonyl (C=O) groups is 1. The van der Waals surface area contributed by atoms with Crippen molar-refractivity contribution in [3.8, 4) is 0 Å². The van der Waals surface area contributed by atoms with E-state index in [0.29, 0.717) is 38.5 Å². The van der Waals surface area contributed by atoms with E-state index < -0.39 is 102 Å². The Labute approximate surface area is 385 Å². The quantitative estimate of drug-likeness (QED) is 0.171. The molecule has 0 bridgehead atoms. The molecule has 0 aliphatic carbocycles. The minimum absolute atomic E-state index is 0. The van der Waals surface area contributed by atoms with Gasteiger partial charge in [-0.3, -0.25) is 4.79 Å². The Bertz CT molecular complexity index is 1610. The molecule has 0 saturated carbocycles. The highest BCUT2D eigenvalue weighted by Gasteiger charge is 2.64. The van der Waals surface area contributed by atoms with E-state index in [2.05, 4.69) is 13.8 Å². The van der Waals surface area contributed by atoms with Crippen LogP contribution in [0.4, 0.5) is 0 Å². The van der Waals surface area contributed by atoms with Crippen molar-refractivity contribution in [2.24, 2.45) is 29.6 Å². The van der Waals surface area contributed by atoms with Crippen molar-refractivity contribution in [2.45, 2.75) is 234 Å². The maximum Gasteiger partial charge on any atom is 0.308 e. The van der Waals surface area contributed by atoms with E-state index in [0.717, 1.165) is 6.42 Å². The summed E-state index contributed by atoms with van der Waals surface area (Å²) in [5.41, 5.74) is -1.60. The maximum absolute atomic E-state index is 11.9. The Morgan fingerprint density at radius 1 is 0.769 bits per heavy atom. The van der Waals surface area contributed by atoms with Gasteiger partial charge in [0.25, 0.3) is 0 Å². The number of methoxy groups -OCH3 is 4. The second-order valence-corrected chi connectivity index (χ2v) is 21.3. The van der Waals surface area contributed by atoms with Crippen molar-refractivity contribution in [1.82, 2.24) is 6.15 Å². The topological polar surface area (TPSA) is 244 Å². The van der Waals surface area contributed by atoms with E-state index in [1.54, 1.807) is 28.1 Å². The number of aliphatic hydroxyl groups is 3. The van der Waals surface area contributed by atoms with Gasteiger partial charge in [0, 0.05) is 77.8 Å². The lowest BCUT2D eigenvalue weighted by molar-refractivity contribution is -0.365. The van der Waals surface area contributed by atoms with Gasteiger partial charge >= 0.3 is 5.97 Å². The summed E-state index contributed by atoms with van der Waals surface area (Å²) in [5, 5.41) is 44.3. The van der Waals surface area contributed by atoms with Crippen LogP contribution in [0.5, 0.6) is 0 Å². The summed E-state index contributed by atoms with van der Waals surface area (Å²) in [7, 11) is 6.37. The molecule has 0 aromatic rings. The van der Waals surface area contributed by atoms with Crippen LogP contribution in [0.25, 0.3) is 0 Å². The molecule has 0 amide bonds. The minimum Gasteiger partial charge on any atom is -0.481 e. The molecule has 7 heterocycles. The van der Waals surface area contributed by atoms with Gasteiger partial charge in [-0.25, -0.2) is 0 Å². The number of hydrogen-bond acceptors (Lipinski definition) is 17. The van der Waals surface area contributed by atoms with Crippen molar-refractivity contribution >= 4 is 5.97 Å². The number of ether oxygens (including phenoxy) is 12. The summed E-state index contributed by atoms with van der Waals surface area (Å²) in [4.78, 5) is 11.9. The zero-order chi connectivity index (χ0) is 46.9. The van der Waals surface area contributed by atoms with Crippen LogP contribution in [0.3, 0.4) is 0 Å². The lowest BCUT2D eigenvalue weighted by atomic mass is 9.75. The zero-order valence-electron chi connectivity index (χ0n) is 41.1. The largest absolute Gasteiger partial charge is 0.481 e. The van der Waals surface area contributed by atoms with Crippen molar-refractivity contribution < 1.29 is 82.1 Å². The summed E-state index contributed by atoms with van der Waals surface area (Å²) in [5.74, 6) is -7.18. The molecule has 0 aromatic carbocycles. The maximum atomic E-state index is 11.9. The fraction of sp³-hybridized carbons (Fsp3) is 0.979. The van der Waals surface area contributed by atoms with Crippen LogP contribution in [0.15, 0.2) is 0 Å². The summed E-state index contributed by atoms with van der Waals surface area (Å²) in [6.45, 7) is 17.5. The molecule has 7 rings (SSSR count). The summed E-state index contributed by atoms with van der Waals surface area (Å²) in [6, 6.07) is 0. The van der Waals surface area contributed by atoms with Crippen LogP contribution in [0.1, 0.15) is 120 Å². The van der Waals surface area contributed by atoms with Gasteiger partial charge in [0.05, 0.1) is 78.7 Å². The SMILES string of the molecule is CO[C@@H]1[C@@H](OC)[C@H](C)[C@@](O)(CC(=O)O)O[C@H]1[C@H](C)[C@H]1O[C@@]2(CC[C@@](C)([C@H]3CC[C@@](C)([C@@H]4O[C@@H]([C@H]5O[C@](C)(O)[C@H](C)C[C@@H]5C)C[C@@H]4O[C@@H]4C[C@H](OC)[C@@H](OC)C(C)O4)O3)O2)C[C@H](O)[C@H]1C.N. The molecule has 7 aliphatic heterocycles. The molecule has 18 nitrogen and oxygen atoms in total. The number of rotatable bonds is 13. The van der Waals surface area contributed by atoms with Crippen molar-refractivity contribution in [1.29, 1.82) is 0 Å². The third-order valence-electron chi connectivity index (χ3n) is 16.8. The van der Waals surface area contributed by atoms with Gasteiger partial charge < -0.3 is 83.4 Å². The van der Waals surface area contributed by atoms with E-state index in [4.69, 9.17) is 56.8 Å². The van der Waals surface area contributed by atoms with E-state index in [-0.39, 0.29) is 66.9 Å². The van der Waals surface area contributed by atoms with Gasteiger partial charge in [0.1, 0.15) is 18.3 Å². The first-order chi connectivity index (χ1) is 30.0. The summed E-state index contributed by atoms with van der Waals surface area (Å²) >= 11 is 0. The van der Waals surface area contributed by atoms with Crippen LogP contribution >= 0.6 is 0 Å². The van der Waals surface area contributed by atoms with Crippen LogP contribution in [-0.4, -0.2) is 169 Å². The predicted octanol–water partition coefficient (Wildman–Crippen LogP) is 4.48. The molecule has 7 fully saturated rings. The molecule has 24 atom stereocenters. The van der Waals surface area contributed by atoms with Crippen molar-refractivity contribution in [3.63, 3.8) is 0 Å². The highest BCUT2D eigenvalue weighted by Crippen LogP contribution is 2.55. The molecular weight excluding hydrogens is 851 g/mol. The first-order valence-electron chi connectivity index (χ1n) is 23.8. The third-order valence-corrected chi connectivity index (χ3v) is 16.8. The van der Waals surface area contributed by atoms with Crippen LogP contribution in [0, 0.1) is 29.6 Å². The molecule has 0 aromatic heterocycles. The lowest BCUT2D eigenvalue weighted by Gasteiger charge is -2.53. The van der Waals surface area contributed by atoms with E-state index >= 15 is 0 Å². The average Bonchev–Trinajstić information content (AvgIpc) is 3.94. The number of carboxylic acids is 1. The molecule has 7 N–H and O–H groups in total. The molecular formula is C47H83NO17. The number of hydrogen-bond donors (Lipinski definition) is 5. The molecule has 7 saturated heterocycles. The molecule has 65 heavy (non-hydrogen) atoms. The van der Waals surface area contributed by atoms with Crippen LogP contribution < -0.4 is 6.15 Å². The van der Waals surface area contributed by atoms with Crippen molar-refractivity contribution in [2.75, 3.05) is 28.4 Å². The summed E-state index contributed by atoms with van der Waals surface area (Å²) < 4.78 is 77.6. The standard InChI is InChI=1S/C47H80O17.H3N/c1-23-18-24(2)45(9,51)61-36(23)31-19-32(58-35-20-30(53-10)40(55-12)28(6)57-35)42(59-31)44(8)15-14-33(60-44)43(7)16-17-46(64-43)21-29(48)25(3)37(62-46)26(4)38-41(56-13)39(54-11)27(5)47(52,63-38)22-34(49)50;/h23-33,35-42,48,51-52H,14-22H2,1-13H3,(H,49,50);1H3/t23-,24+,25+,26+,27-,28?,29-,30-,31+,32-,33+,35+,36-,37-,38-,39-,40-,41-,42+,43-,44-,45-,46+,47+;/m0./s1. The van der Waals surface area contributed by atoms with Crippen molar-refractivity contribution in [3.05, 3.63) is 0 Å². The zero-order valence-corrected chi connectivity index (χ0v) is 41.1. The Hall–Kier alpha value is -1.17. The molecule has 18 heteroatoms. The third kappa shape index (κ3) is 10.1. The van der Waals surface area contributed by atoms with Gasteiger partial charge in [-0.2, -0.15) is 0 Å². The summed E-state index contributed by atoms with van der Waals surface area (Å²) in [6.07, 6.45) is -3.18. The fourth-order valence-electron chi connectivity index (χ4n) is 12.7. The van der Waals surface area contributed by atoms with Gasteiger partial charge in [0.15, 0.2) is 23.7 Å².